The fourth-order valence-electron chi connectivity index (χ4n) is 3.15. The van der Waals surface area contributed by atoms with Gasteiger partial charge in [0.15, 0.2) is 0 Å². The molecule has 0 saturated carbocycles. The SMILES string of the molecule is COc1ccc(S(=O)(=O)N(C)Cc2nc3cc(C(=O)NC(C)C)ccc3n2C)cc1Cl. The second-order valence-electron chi connectivity index (χ2n) is 7.48. The number of ether oxygens (including phenoxy) is 1. The number of hydrogen-bond acceptors (Lipinski definition) is 5. The number of amides is 1. The van der Waals surface area contributed by atoms with E-state index < -0.39 is 10.0 Å². The number of nitrogens with zero attached hydrogens (tertiary/aromatic N) is 3. The highest BCUT2D eigenvalue weighted by Crippen LogP contribution is 2.28. The van der Waals surface area contributed by atoms with Crippen molar-refractivity contribution in [1.82, 2.24) is 19.2 Å². The first-order chi connectivity index (χ1) is 14.5. The number of carbonyl (C=O) groups excluding carboxylic acids is 1. The molecule has 3 aromatic rings. The highest BCUT2D eigenvalue weighted by Gasteiger charge is 2.24. The summed E-state index contributed by atoms with van der Waals surface area (Å²) in [6.45, 7) is 3.83. The lowest BCUT2D eigenvalue weighted by Crippen LogP contribution is -2.29. The first-order valence-electron chi connectivity index (χ1n) is 9.60. The lowest BCUT2D eigenvalue weighted by Gasteiger charge is -2.17. The molecule has 3 rings (SSSR count). The Morgan fingerprint density at radius 3 is 2.58 bits per heavy atom. The number of benzene rings is 2. The van der Waals surface area contributed by atoms with Crippen LogP contribution in [0.5, 0.6) is 5.75 Å². The molecule has 0 spiro atoms. The zero-order valence-corrected chi connectivity index (χ0v) is 19.6. The molecule has 31 heavy (non-hydrogen) atoms. The molecule has 8 nitrogen and oxygen atoms in total. The number of aryl methyl sites for hydroxylation is 1. The van der Waals surface area contributed by atoms with Gasteiger partial charge in [-0.05, 0) is 50.2 Å². The minimum absolute atomic E-state index is 0.0211. The van der Waals surface area contributed by atoms with Gasteiger partial charge in [-0.1, -0.05) is 11.6 Å². The van der Waals surface area contributed by atoms with Crippen LogP contribution in [-0.2, 0) is 23.6 Å². The van der Waals surface area contributed by atoms with E-state index in [4.69, 9.17) is 16.3 Å². The Bertz CT molecular complexity index is 1240. The number of imidazole rings is 1. The van der Waals surface area contributed by atoms with Crippen LogP contribution in [0.2, 0.25) is 5.02 Å². The van der Waals surface area contributed by atoms with Crippen molar-refractivity contribution in [2.24, 2.45) is 7.05 Å². The number of nitrogens with one attached hydrogen (secondary N) is 1. The van der Waals surface area contributed by atoms with Crippen molar-refractivity contribution in [3.8, 4) is 5.75 Å². The molecule has 0 aliphatic carbocycles. The maximum atomic E-state index is 13.0. The van der Waals surface area contributed by atoms with Crippen molar-refractivity contribution in [2.45, 2.75) is 31.3 Å². The van der Waals surface area contributed by atoms with Gasteiger partial charge in [0, 0.05) is 25.7 Å². The fourth-order valence-corrected chi connectivity index (χ4v) is 4.62. The molecular weight excluding hydrogens is 440 g/mol. The van der Waals surface area contributed by atoms with E-state index in [1.165, 1.54) is 36.7 Å². The number of methoxy groups -OCH3 is 1. The molecule has 0 radical (unpaired) electrons. The van der Waals surface area contributed by atoms with Gasteiger partial charge in [0.1, 0.15) is 11.6 Å². The molecule has 0 saturated heterocycles. The summed E-state index contributed by atoms with van der Waals surface area (Å²) in [7, 11) is 0.955. The Balaban J connectivity index is 1.89. The van der Waals surface area contributed by atoms with E-state index in [0.717, 1.165) is 5.52 Å². The van der Waals surface area contributed by atoms with Crippen LogP contribution in [0.3, 0.4) is 0 Å². The summed E-state index contributed by atoms with van der Waals surface area (Å²) in [6, 6.07) is 9.58. The normalized spacial score (nSPS) is 12.0. The van der Waals surface area contributed by atoms with Gasteiger partial charge in [-0.15, -0.1) is 0 Å². The maximum Gasteiger partial charge on any atom is 0.251 e. The van der Waals surface area contributed by atoms with Crippen molar-refractivity contribution in [1.29, 1.82) is 0 Å². The molecule has 10 heteroatoms. The van der Waals surface area contributed by atoms with Crippen LogP contribution in [0.1, 0.15) is 30.0 Å². The minimum Gasteiger partial charge on any atom is -0.495 e. The van der Waals surface area contributed by atoms with Crippen LogP contribution in [0.4, 0.5) is 0 Å². The molecule has 2 aromatic carbocycles. The van der Waals surface area contributed by atoms with Gasteiger partial charge in [-0.2, -0.15) is 4.31 Å². The van der Waals surface area contributed by atoms with Crippen LogP contribution in [0.25, 0.3) is 11.0 Å². The fraction of sp³-hybridized carbons (Fsp3) is 0.333. The monoisotopic (exact) mass is 464 g/mol. The molecule has 0 fully saturated rings. The Morgan fingerprint density at radius 2 is 1.97 bits per heavy atom. The van der Waals surface area contributed by atoms with Crippen LogP contribution < -0.4 is 10.1 Å². The zero-order valence-electron chi connectivity index (χ0n) is 18.0. The molecule has 0 bridgehead atoms. The number of sulfonamides is 1. The highest BCUT2D eigenvalue weighted by molar-refractivity contribution is 7.89. The largest absolute Gasteiger partial charge is 0.495 e. The Kier molecular flexibility index (Phi) is 6.59. The summed E-state index contributed by atoms with van der Waals surface area (Å²) in [6.07, 6.45) is 0. The third-order valence-corrected chi connectivity index (χ3v) is 6.95. The molecule has 0 atom stereocenters. The molecule has 166 valence electrons. The van der Waals surface area contributed by atoms with Crippen molar-refractivity contribution in [3.05, 3.63) is 52.8 Å². The lowest BCUT2D eigenvalue weighted by molar-refractivity contribution is 0.0943. The van der Waals surface area contributed by atoms with Crippen molar-refractivity contribution < 1.29 is 17.9 Å². The average Bonchev–Trinajstić information content (AvgIpc) is 3.02. The number of rotatable bonds is 7. The summed E-state index contributed by atoms with van der Waals surface area (Å²) in [5, 5.41) is 3.06. The number of halogens is 1. The topological polar surface area (TPSA) is 93.5 Å². The van der Waals surface area contributed by atoms with E-state index in [0.29, 0.717) is 22.7 Å². The van der Waals surface area contributed by atoms with Gasteiger partial charge in [-0.3, -0.25) is 4.79 Å². The van der Waals surface area contributed by atoms with E-state index in [9.17, 15) is 13.2 Å². The van der Waals surface area contributed by atoms with Gasteiger partial charge >= 0.3 is 0 Å². The van der Waals surface area contributed by atoms with E-state index in [2.05, 4.69) is 10.3 Å². The van der Waals surface area contributed by atoms with Crippen LogP contribution in [-0.4, -0.2) is 48.4 Å². The minimum atomic E-state index is -3.80. The number of aromatic nitrogens is 2. The van der Waals surface area contributed by atoms with E-state index in [1.54, 1.807) is 18.2 Å². The predicted octanol–water partition coefficient (Wildman–Crippen LogP) is 3.19. The van der Waals surface area contributed by atoms with Crippen LogP contribution >= 0.6 is 11.6 Å². The highest BCUT2D eigenvalue weighted by atomic mass is 35.5. The van der Waals surface area contributed by atoms with Crippen molar-refractivity contribution in [2.75, 3.05) is 14.2 Å². The first kappa shape index (κ1) is 23.1. The van der Waals surface area contributed by atoms with Gasteiger partial charge in [-0.25, -0.2) is 13.4 Å². The summed E-state index contributed by atoms with van der Waals surface area (Å²) in [5.74, 6) is 0.762. The number of hydrogen-bond donors (Lipinski definition) is 1. The predicted molar refractivity (Wildman–Crippen MR) is 120 cm³/mol. The summed E-state index contributed by atoms with van der Waals surface area (Å²) in [5.41, 5.74) is 1.92. The Hall–Kier alpha value is -2.62. The van der Waals surface area contributed by atoms with Gasteiger partial charge < -0.3 is 14.6 Å². The Morgan fingerprint density at radius 1 is 1.26 bits per heavy atom. The Labute approximate surface area is 186 Å². The van der Waals surface area contributed by atoms with Crippen LogP contribution in [0.15, 0.2) is 41.3 Å². The van der Waals surface area contributed by atoms with E-state index in [-0.39, 0.29) is 28.4 Å². The molecular formula is C21H25ClN4O4S. The van der Waals surface area contributed by atoms with Gasteiger partial charge in [0.05, 0.1) is 34.6 Å². The summed E-state index contributed by atoms with van der Waals surface area (Å²) >= 11 is 6.09. The second-order valence-corrected chi connectivity index (χ2v) is 9.93. The molecule has 0 unspecified atom stereocenters. The molecule has 0 aliphatic rings. The summed E-state index contributed by atoms with van der Waals surface area (Å²) < 4.78 is 34.1. The number of carbonyl (C=O) groups is 1. The standard InChI is InChI=1S/C21H25ClN4O4S/c1-13(2)23-21(27)14-6-8-18-17(10-14)24-20(26(18)4)12-25(3)31(28,29)15-7-9-19(30-5)16(22)11-15/h6-11,13H,12H2,1-5H3,(H,23,27). The second kappa shape index (κ2) is 8.86. The first-order valence-corrected chi connectivity index (χ1v) is 11.4. The summed E-state index contributed by atoms with van der Waals surface area (Å²) in [4.78, 5) is 16.9. The van der Waals surface area contributed by atoms with E-state index in [1.807, 2.05) is 25.5 Å². The van der Waals surface area contributed by atoms with Gasteiger partial charge in [0.2, 0.25) is 10.0 Å². The molecule has 1 heterocycles. The van der Waals surface area contributed by atoms with Crippen LogP contribution in [0, 0.1) is 0 Å². The number of fused-ring (bicyclic) bond motifs is 1. The molecule has 1 amide bonds. The molecule has 1 N–H and O–H groups in total. The van der Waals surface area contributed by atoms with Crippen molar-refractivity contribution in [3.63, 3.8) is 0 Å². The smallest absolute Gasteiger partial charge is 0.251 e. The lowest BCUT2D eigenvalue weighted by atomic mass is 10.2. The zero-order chi connectivity index (χ0) is 22.9. The average molecular weight is 465 g/mol. The quantitative estimate of drug-likeness (QED) is 0.579. The molecule has 0 aliphatic heterocycles. The maximum absolute atomic E-state index is 13.0. The van der Waals surface area contributed by atoms with Crippen molar-refractivity contribution >= 4 is 38.6 Å². The van der Waals surface area contributed by atoms with Gasteiger partial charge in [0.25, 0.3) is 5.91 Å². The molecule has 1 aromatic heterocycles. The third kappa shape index (κ3) is 4.68. The third-order valence-electron chi connectivity index (χ3n) is 4.85. The van der Waals surface area contributed by atoms with E-state index >= 15 is 0 Å².